The van der Waals surface area contributed by atoms with Gasteiger partial charge in [0.05, 0.1) is 24.6 Å². The lowest BCUT2D eigenvalue weighted by atomic mass is 9.59. The highest BCUT2D eigenvalue weighted by Crippen LogP contribution is 2.57. The topological polar surface area (TPSA) is 113 Å². The van der Waals surface area contributed by atoms with Gasteiger partial charge in [-0.3, -0.25) is 24.1 Å². The maximum Gasteiger partial charge on any atom is 0.238 e. The van der Waals surface area contributed by atoms with Crippen LogP contribution in [0.5, 0.6) is 11.5 Å². The van der Waals surface area contributed by atoms with Gasteiger partial charge in [-0.2, -0.15) is 0 Å². The van der Waals surface area contributed by atoms with E-state index < -0.39 is 23.7 Å². The number of anilines is 3. The fourth-order valence-corrected chi connectivity index (χ4v) is 7.35. The van der Waals surface area contributed by atoms with Gasteiger partial charge in [-0.15, -0.1) is 0 Å². The molecule has 0 aromatic heterocycles. The fourth-order valence-electron chi connectivity index (χ4n) is 7.35. The molecule has 7 rings (SSSR count). The minimum Gasteiger partial charge on any atom is -0.507 e. The second kappa shape index (κ2) is 10.5. The predicted molar refractivity (Wildman–Crippen MR) is 165 cm³/mol. The Hall–Kier alpha value is -5.24. The first-order valence-electron chi connectivity index (χ1n) is 14.6. The highest BCUT2D eigenvalue weighted by atomic mass is 16.5. The number of amides is 2. The normalized spacial score (nSPS) is 24.4. The summed E-state index contributed by atoms with van der Waals surface area (Å²) in [4.78, 5) is 56.3. The van der Waals surface area contributed by atoms with Crippen LogP contribution in [0.1, 0.15) is 31.2 Å². The van der Waals surface area contributed by atoms with E-state index in [1.54, 1.807) is 31.2 Å². The van der Waals surface area contributed by atoms with Crippen LogP contribution in [0.25, 0.3) is 0 Å². The molecule has 0 saturated carbocycles. The molecular weight excluding hydrogens is 556 g/mol. The van der Waals surface area contributed by atoms with Crippen LogP contribution in [-0.4, -0.2) is 35.6 Å². The summed E-state index contributed by atoms with van der Waals surface area (Å²) in [5.41, 5.74) is 4.31. The number of nitrogens with one attached hydrogen (secondary N) is 1. The van der Waals surface area contributed by atoms with Gasteiger partial charge < -0.3 is 15.2 Å². The van der Waals surface area contributed by atoms with Crippen LogP contribution in [-0.2, 0) is 19.2 Å². The lowest BCUT2D eigenvalue weighted by molar-refractivity contribution is -0.123. The van der Waals surface area contributed by atoms with Gasteiger partial charge in [-0.05, 0) is 80.3 Å². The third-order valence-electron chi connectivity index (χ3n) is 9.30. The minimum absolute atomic E-state index is 0.0731. The second-order valence-electron chi connectivity index (χ2n) is 11.7. The van der Waals surface area contributed by atoms with Gasteiger partial charge in [0.2, 0.25) is 11.8 Å². The van der Waals surface area contributed by atoms with Crippen molar-refractivity contribution < 1.29 is 29.0 Å². The molecule has 220 valence electrons. The van der Waals surface area contributed by atoms with Crippen LogP contribution in [0, 0.1) is 17.8 Å². The number of aromatic hydroxyl groups is 1. The van der Waals surface area contributed by atoms with E-state index in [9.17, 15) is 24.3 Å². The number of phenols is 1. The number of hydrogen-bond donors (Lipinski definition) is 2. The number of imide groups is 1. The van der Waals surface area contributed by atoms with Crippen LogP contribution in [0.3, 0.4) is 0 Å². The molecule has 8 nitrogen and oxygen atoms in total. The first-order valence-corrected chi connectivity index (χ1v) is 14.6. The standard InChI is InChI=1S/C36H30N2O6/c1-19-17-28(40)31-26(34(19)41)18-25-23(32(31)33-27(39)9-6-10-29(33)44-2)15-16-24-30(25)36(43)38(35(24)42)22-13-11-21(12-14-22)37-20-7-4-3-5-8-20/h3-15,17,24-25,30,32,37,39H,16,18H2,1-2H3. The molecule has 3 aliphatic carbocycles. The number of benzene rings is 3. The summed E-state index contributed by atoms with van der Waals surface area (Å²) in [6.07, 6.45) is 3.74. The number of Topliss-reactive ketones (excluding diaryl/α,β-unsaturated/α-hetero) is 1. The van der Waals surface area contributed by atoms with Crippen molar-refractivity contribution in [2.75, 3.05) is 17.3 Å². The van der Waals surface area contributed by atoms with Crippen LogP contribution in [0.2, 0.25) is 0 Å². The average molecular weight is 587 g/mol. The number of fused-ring (bicyclic) bond motifs is 3. The molecular formula is C36H30N2O6. The zero-order valence-corrected chi connectivity index (χ0v) is 24.2. The molecule has 1 aliphatic heterocycles. The third-order valence-corrected chi connectivity index (χ3v) is 9.30. The van der Waals surface area contributed by atoms with E-state index in [1.807, 2.05) is 48.5 Å². The van der Waals surface area contributed by atoms with Crippen LogP contribution in [0.15, 0.2) is 107 Å². The van der Waals surface area contributed by atoms with Crippen molar-refractivity contribution in [2.24, 2.45) is 17.8 Å². The van der Waals surface area contributed by atoms with Gasteiger partial charge in [0, 0.05) is 39.6 Å². The number of ketones is 2. The highest BCUT2D eigenvalue weighted by Gasteiger charge is 2.57. The van der Waals surface area contributed by atoms with Crippen molar-refractivity contribution in [3.05, 3.63) is 113 Å². The number of ether oxygens (including phenoxy) is 1. The molecule has 3 aromatic carbocycles. The summed E-state index contributed by atoms with van der Waals surface area (Å²) in [7, 11) is 1.48. The van der Waals surface area contributed by atoms with Crippen molar-refractivity contribution in [3.8, 4) is 11.5 Å². The molecule has 8 heteroatoms. The van der Waals surface area contributed by atoms with Crippen LogP contribution in [0.4, 0.5) is 17.1 Å². The summed E-state index contributed by atoms with van der Waals surface area (Å²) in [5, 5.41) is 14.4. The Morgan fingerprint density at radius 1 is 0.864 bits per heavy atom. The zero-order valence-electron chi connectivity index (χ0n) is 24.2. The molecule has 3 aromatic rings. The smallest absolute Gasteiger partial charge is 0.238 e. The second-order valence-corrected chi connectivity index (χ2v) is 11.7. The first kappa shape index (κ1) is 27.6. The molecule has 44 heavy (non-hydrogen) atoms. The van der Waals surface area contributed by atoms with Crippen molar-refractivity contribution >= 4 is 40.4 Å². The van der Waals surface area contributed by atoms with Gasteiger partial charge in [0.1, 0.15) is 11.5 Å². The molecule has 1 fully saturated rings. The van der Waals surface area contributed by atoms with Crippen molar-refractivity contribution in [1.29, 1.82) is 0 Å². The molecule has 4 atom stereocenters. The molecule has 2 N–H and O–H groups in total. The molecule has 0 radical (unpaired) electrons. The van der Waals surface area contributed by atoms with Crippen molar-refractivity contribution in [3.63, 3.8) is 0 Å². The van der Waals surface area contributed by atoms with Crippen molar-refractivity contribution in [2.45, 2.75) is 25.7 Å². The fraction of sp³-hybridized carbons (Fsp3) is 0.222. The molecule has 0 spiro atoms. The molecule has 1 saturated heterocycles. The van der Waals surface area contributed by atoms with E-state index in [0.29, 0.717) is 40.1 Å². The van der Waals surface area contributed by atoms with Gasteiger partial charge in [0.25, 0.3) is 0 Å². The van der Waals surface area contributed by atoms with Crippen LogP contribution >= 0.6 is 0 Å². The third kappa shape index (κ3) is 4.20. The lowest BCUT2D eigenvalue weighted by Gasteiger charge is -2.42. The number of allylic oxidation sites excluding steroid dienone is 6. The quantitative estimate of drug-likeness (QED) is 0.221. The Labute approximate surface area is 254 Å². The highest BCUT2D eigenvalue weighted by molar-refractivity contribution is 6.25. The number of carbonyl (C=O) groups excluding carboxylic acids is 4. The maximum absolute atomic E-state index is 14.2. The van der Waals surface area contributed by atoms with Gasteiger partial charge in [-0.25, -0.2) is 0 Å². The molecule has 0 bridgehead atoms. The summed E-state index contributed by atoms with van der Waals surface area (Å²) in [6, 6.07) is 21.7. The van der Waals surface area contributed by atoms with Gasteiger partial charge in [-0.1, -0.05) is 35.9 Å². The minimum atomic E-state index is -0.790. The Bertz CT molecular complexity index is 1840. The number of methoxy groups -OCH3 is 1. The number of hydrogen-bond acceptors (Lipinski definition) is 7. The molecule has 4 unspecified atom stereocenters. The molecule has 1 heterocycles. The Kier molecular flexibility index (Phi) is 6.57. The number of rotatable bonds is 5. The van der Waals surface area contributed by atoms with Crippen LogP contribution < -0.4 is 15.0 Å². The lowest BCUT2D eigenvalue weighted by Crippen LogP contribution is -2.40. The largest absolute Gasteiger partial charge is 0.507 e. The Balaban J connectivity index is 1.28. The number of phenolic OH excluding ortho intramolecular Hbond substituents is 1. The SMILES string of the molecule is COc1cccc(O)c1C1C2=CCC3C(=O)N(c4ccc(Nc5ccccc5)cc4)C(=O)C3C2CC2=C1C(=O)C=C(C)C2=O. The van der Waals surface area contributed by atoms with E-state index in [2.05, 4.69) is 5.32 Å². The number of para-hydroxylation sites is 1. The molecule has 2 amide bonds. The summed E-state index contributed by atoms with van der Waals surface area (Å²) < 4.78 is 5.61. The van der Waals surface area contributed by atoms with Gasteiger partial charge >= 0.3 is 0 Å². The summed E-state index contributed by atoms with van der Waals surface area (Å²) in [5.74, 6) is -3.47. The maximum atomic E-state index is 14.2. The average Bonchev–Trinajstić information content (AvgIpc) is 3.29. The van der Waals surface area contributed by atoms with E-state index in [1.165, 1.54) is 24.2 Å². The monoisotopic (exact) mass is 586 g/mol. The van der Waals surface area contributed by atoms with Gasteiger partial charge in [0.15, 0.2) is 11.6 Å². The van der Waals surface area contributed by atoms with E-state index in [4.69, 9.17) is 4.74 Å². The Morgan fingerprint density at radius 2 is 1.59 bits per heavy atom. The number of carbonyl (C=O) groups is 4. The molecule has 4 aliphatic rings. The number of nitrogens with zero attached hydrogens (tertiary/aromatic N) is 1. The summed E-state index contributed by atoms with van der Waals surface area (Å²) in [6.45, 7) is 1.61. The summed E-state index contributed by atoms with van der Waals surface area (Å²) >= 11 is 0. The van der Waals surface area contributed by atoms with E-state index in [0.717, 1.165) is 16.9 Å². The van der Waals surface area contributed by atoms with E-state index in [-0.39, 0.29) is 35.6 Å². The first-order chi connectivity index (χ1) is 21.3. The zero-order chi connectivity index (χ0) is 30.7. The Morgan fingerprint density at radius 3 is 2.32 bits per heavy atom. The van der Waals surface area contributed by atoms with Crippen molar-refractivity contribution in [1.82, 2.24) is 0 Å². The van der Waals surface area contributed by atoms with E-state index >= 15 is 0 Å². The predicted octanol–water partition coefficient (Wildman–Crippen LogP) is 5.78.